The first-order valence-electron chi connectivity index (χ1n) is 11.1. The fourth-order valence-electron chi connectivity index (χ4n) is 3.66. The number of benzene rings is 2. The predicted octanol–water partition coefficient (Wildman–Crippen LogP) is 3.96. The van der Waals surface area contributed by atoms with Gasteiger partial charge < -0.3 is 19.9 Å². The van der Waals surface area contributed by atoms with E-state index >= 15 is 0 Å². The average molecular weight is 424 g/mol. The molecule has 0 unspecified atom stereocenters. The van der Waals surface area contributed by atoms with Gasteiger partial charge >= 0.3 is 0 Å². The van der Waals surface area contributed by atoms with E-state index in [1.54, 1.807) is 0 Å². The second-order valence-corrected chi connectivity index (χ2v) is 8.11. The van der Waals surface area contributed by atoms with Crippen molar-refractivity contribution in [3.63, 3.8) is 0 Å². The minimum absolute atomic E-state index is 0.142. The van der Waals surface area contributed by atoms with Gasteiger partial charge in [0.15, 0.2) is 0 Å². The molecule has 166 valence electrons. The van der Waals surface area contributed by atoms with Crippen molar-refractivity contribution in [2.45, 2.75) is 32.6 Å². The van der Waals surface area contributed by atoms with Crippen molar-refractivity contribution >= 4 is 17.5 Å². The van der Waals surface area contributed by atoms with Crippen LogP contribution >= 0.6 is 0 Å². The minimum Gasteiger partial charge on any atom is -0.491 e. The molecule has 1 aliphatic rings. The molecule has 3 rings (SSSR count). The Morgan fingerprint density at radius 3 is 2.42 bits per heavy atom. The number of ether oxygens (including phenoxy) is 1. The lowest BCUT2D eigenvalue weighted by Crippen LogP contribution is -2.47. The number of para-hydroxylation sites is 2. The number of amides is 2. The highest BCUT2D eigenvalue weighted by Crippen LogP contribution is 2.25. The third kappa shape index (κ3) is 6.82. The van der Waals surface area contributed by atoms with E-state index in [1.807, 2.05) is 60.4 Å². The van der Waals surface area contributed by atoms with Gasteiger partial charge in [-0.1, -0.05) is 30.3 Å². The third-order valence-corrected chi connectivity index (χ3v) is 5.67. The molecule has 0 bridgehead atoms. The number of nitrogens with zero attached hydrogens (tertiary/aromatic N) is 2. The minimum atomic E-state index is -0.142. The van der Waals surface area contributed by atoms with E-state index < -0.39 is 0 Å². The normalized spacial score (nSPS) is 14.3. The lowest BCUT2D eigenvalue weighted by atomic mass is 10.1. The zero-order valence-corrected chi connectivity index (χ0v) is 18.6. The van der Waals surface area contributed by atoms with Crippen LogP contribution in [0.5, 0.6) is 5.75 Å². The number of piperazine rings is 1. The van der Waals surface area contributed by atoms with E-state index in [9.17, 15) is 9.59 Å². The number of carbonyl (C=O) groups is 2. The lowest BCUT2D eigenvalue weighted by molar-refractivity contribution is -0.132. The Kier molecular flexibility index (Phi) is 8.47. The van der Waals surface area contributed by atoms with Gasteiger partial charge in [-0.25, -0.2) is 0 Å². The van der Waals surface area contributed by atoms with Crippen molar-refractivity contribution in [3.05, 3.63) is 59.7 Å². The SMILES string of the molecule is Cc1ccccc1C(=O)Nc1ccccc1OCCCCCC(=O)N1CCN(C)CC1. The highest BCUT2D eigenvalue weighted by Gasteiger charge is 2.18. The fourth-order valence-corrected chi connectivity index (χ4v) is 3.66. The van der Waals surface area contributed by atoms with Crippen LogP contribution < -0.4 is 10.1 Å². The Morgan fingerprint density at radius 2 is 1.65 bits per heavy atom. The molecule has 0 atom stereocenters. The van der Waals surface area contributed by atoms with Crippen molar-refractivity contribution in [1.29, 1.82) is 0 Å². The number of unbranched alkanes of at least 4 members (excludes halogenated alkanes) is 2. The van der Waals surface area contributed by atoms with Crippen LogP contribution in [0, 0.1) is 6.92 Å². The highest BCUT2D eigenvalue weighted by atomic mass is 16.5. The molecular weight excluding hydrogens is 390 g/mol. The van der Waals surface area contributed by atoms with Crippen LogP contribution in [0.15, 0.2) is 48.5 Å². The summed E-state index contributed by atoms with van der Waals surface area (Å²) < 4.78 is 5.92. The first-order valence-corrected chi connectivity index (χ1v) is 11.1. The van der Waals surface area contributed by atoms with E-state index in [2.05, 4.69) is 17.3 Å². The summed E-state index contributed by atoms with van der Waals surface area (Å²) in [4.78, 5) is 29.1. The van der Waals surface area contributed by atoms with E-state index in [1.165, 1.54) is 0 Å². The van der Waals surface area contributed by atoms with Gasteiger partial charge in [0.1, 0.15) is 5.75 Å². The largest absolute Gasteiger partial charge is 0.491 e. The zero-order chi connectivity index (χ0) is 22.1. The topological polar surface area (TPSA) is 61.9 Å². The molecular formula is C25H33N3O3. The zero-order valence-electron chi connectivity index (χ0n) is 18.6. The average Bonchev–Trinajstić information content (AvgIpc) is 2.77. The third-order valence-electron chi connectivity index (χ3n) is 5.67. The monoisotopic (exact) mass is 423 g/mol. The Balaban J connectivity index is 1.40. The lowest BCUT2D eigenvalue weighted by Gasteiger charge is -2.32. The second-order valence-electron chi connectivity index (χ2n) is 8.11. The summed E-state index contributed by atoms with van der Waals surface area (Å²) in [5.41, 5.74) is 2.26. The predicted molar refractivity (Wildman–Crippen MR) is 124 cm³/mol. The Hall–Kier alpha value is -2.86. The van der Waals surface area contributed by atoms with Crippen LogP contribution in [-0.4, -0.2) is 61.4 Å². The maximum Gasteiger partial charge on any atom is 0.256 e. The molecule has 6 heteroatoms. The van der Waals surface area contributed by atoms with Crippen molar-refractivity contribution < 1.29 is 14.3 Å². The van der Waals surface area contributed by atoms with Crippen molar-refractivity contribution in [1.82, 2.24) is 9.80 Å². The molecule has 0 radical (unpaired) electrons. The van der Waals surface area contributed by atoms with Gasteiger partial charge in [-0.15, -0.1) is 0 Å². The summed E-state index contributed by atoms with van der Waals surface area (Å²) in [6, 6.07) is 15.0. The molecule has 1 N–H and O–H groups in total. The molecule has 0 saturated carbocycles. The fraction of sp³-hybridized carbons (Fsp3) is 0.440. The summed E-state index contributed by atoms with van der Waals surface area (Å²) in [5, 5.41) is 2.96. The molecule has 6 nitrogen and oxygen atoms in total. The van der Waals surface area contributed by atoms with Gasteiger partial charge in [0, 0.05) is 38.2 Å². The molecule has 2 aromatic rings. The number of hydrogen-bond acceptors (Lipinski definition) is 4. The first-order chi connectivity index (χ1) is 15.0. The second kappa shape index (κ2) is 11.5. The Bertz CT molecular complexity index is 876. The summed E-state index contributed by atoms with van der Waals surface area (Å²) in [7, 11) is 2.09. The molecule has 31 heavy (non-hydrogen) atoms. The van der Waals surface area contributed by atoms with E-state index in [0.29, 0.717) is 30.0 Å². The molecule has 2 amide bonds. The van der Waals surface area contributed by atoms with E-state index in [4.69, 9.17) is 4.74 Å². The van der Waals surface area contributed by atoms with Gasteiger partial charge in [-0.2, -0.15) is 0 Å². The Labute approximate surface area is 185 Å². The van der Waals surface area contributed by atoms with Crippen LogP contribution in [0.2, 0.25) is 0 Å². The molecule has 1 saturated heterocycles. The molecule has 1 fully saturated rings. The first kappa shape index (κ1) is 22.8. The van der Waals surface area contributed by atoms with Crippen LogP contribution in [0.1, 0.15) is 41.6 Å². The van der Waals surface area contributed by atoms with Crippen molar-refractivity contribution in [3.8, 4) is 5.75 Å². The van der Waals surface area contributed by atoms with Crippen molar-refractivity contribution in [2.24, 2.45) is 0 Å². The summed E-state index contributed by atoms with van der Waals surface area (Å²) in [6.07, 6.45) is 3.29. The molecule has 1 aliphatic heterocycles. The molecule has 0 aliphatic carbocycles. The maximum absolute atomic E-state index is 12.6. The van der Waals surface area contributed by atoms with Crippen molar-refractivity contribution in [2.75, 3.05) is 45.2 Å². The molecule has 0 aromatic heterocycles. The quantitative estimate of drug-likeness (QED) is 0.620. The summed E-state index contributed by atoms with van der Waals surface area (Å²) >= 11 is 0. The number of carbonyl (C=O) groups excluding carboxylic acids is 2. The van der Waals surface area contributed by atoms with Gasteiger partial charge in [-0.3, -0.25) is 9.59 Å². The maximum atomic E-state index is 12.6. The van der Waals surface area contributed by atoms with E-state index in [-0.39, 0.29) is 11.8 Å². The van der Waals surface area contributed by atoms with Crippen LogP contribution in [-0.2, 0) is 4.79 Å². The van der Waals surface area contributed by atoms with Gasteiger partial charge in [0.05, 0.1) is 12.3 Å². The van der Waals surface area contributed by atoms with Crippen LogP contribution in [0.4, 0.5) is 5.69 Å². The summed E-state index contributed by atoms with van der Waals surface area (Å²) in [5.74, 6) is 0.785. The number of nitrogens with one attached hydrogen (secondary N) is 1. The molecule has 2 aromatic carbocycles. The molecule has 0 spiro atoms. The number of aryl methyl sites for hydroxylation is 1. The van der Waals surface area contributed by atoms with Gasteiger partial charge in [0.2, 0.25) is 5.91 Å². The number of anilines is 1. The van der Waals surface area contributed by atoms with Gasteiger partial charge in [0.25, 0.3) is 5.91 Å². The number of rotatable bonds is 9. The summed E-state index contributed by atoms with van der Waals surface area (Å²) in [6.45, 7) is 6.07. The number of likely N-dealkylation sites (N-methyl/N-ethyl adjacent to an activating group) is 1. The van der Waals surface area contributed by atoms with E-state index in [0.717, 1.165) is 51.0 Å². The Morgan fingerprint density at radius 1 is 0.935 bits per heavy atom. The molecule has 1 heterocycles. The highest BCUT2D eigenvalue weighted by molar-refractivity contribution is 6.05. The van der Waals surface area contributed by atoms with Crippen LogP contribution in [0.25, 0.3) is 0 Å². The number of hydrogen-bond donors (Lipinski definition) is 1. The smallest absolute Gasteiger partial charge is 0.256 e. The van der Waals surface area contributed by atoms with Gasteiger partial charge in [-0.05, 0) is 57.0 Å². The van der Waals surface area contributed by atoms with Crippen LogP contribution in [0.3, 0.4) is 0 Å². The standard InChI is InChI=1S/C25H33N3O3/c1-20-10-5-6-11-21(20)25(30)26-22-12-7-8-13-23(22)31-19-9-3-4-14-24(29)28-17-15-27(2)16-18-28/h5-8,10-13H,3-4,9,14-19H2,1-2H3,(H,26,30).